The van der Waals surface area contributed by atoms with E-state index < -0.39 is 0 Å². The van der Waals surface area contributed by atoms with Crippen molar-refractivity contribution >= 4 is 17.5 Å². The molecule has 1 aromatic rings. The lowest BCUT2D eigenvalue weighted by Crippen LogP contribution is -2.26. The first-order valence-electron chi connectivity index (χ1n) is 5.40. The van der Waals surface area contributed by atoms with E-state index in [1.807, 2.05) is 19.3 Å². The highest BCUT2D eigenvalue weighted by atomic mass is 35.5. The van der Waals surface area contributed by atoms with Gasteiger partial charge >= 0.3 is 0 Å². The van der Waals surface area contributed by atoms with Crippen molar-refractivity contribution in [3.05, 3.63) is 18.0 Å². The fourth-order valence-electron chi connectivity index (χ4n) is 2.04. The maximum Gasteiger partial charge on any atom is 0.222 e. The molecule has 0 spiro atoms. The minimum absolute atomic E-state index is 0.449. The van der Waals surface area contributed by atoms with Crippen LogP contribution >= 0.6 is 11.6 Å². The lowest BCUT2D eigenvalue weighted by molar-refractivity contribution is 0.559. The molecule has 1 N–H and O–H groups in total. The standard InChI is InChI=1S/C11H16ClN3/c1-8-6-13-11(14-7-8)15-10-4-2-3-9(10)5-12/h6-7,9-10H,2-5H2,1H3,(H,13,14,15). The molecule has 2 unspecified atom stereocenters. The van der Waals surface area contributed by atoms with Gasteiger partial charge in [-0.2, -0.15) is 0 Å². The van der Waals surface area contributed by atoms with Gasteiger partial charge in [0.2, 0.25) is 5.95 Å². The zero-order valence-electron chi connectivity index (χ0n) is 8.91. The van der Waals surface area contributed by atoms with Gasteiger partial charge in [-0.3, -0.25) is 0 Å². The van der Waals surface area contributed by atoms with E-state index in [1.54, 1.807) is 0 Å². The number of nitrogens with one attached hydrogen (secondary N) is 1. The van der Waals surface area contributed by atoms with Gasteiger partial charge in [0.15, 0.2) is 0 Å². The number of halogens is 1. The van der Waals surface area contributed by atoms with Gasteiger partial charge in [0.05, 0.1) is 0 Å². The molecule has 0 saturated heterocycles. The summed E-state index contributed by atoms with van der Waals surface area (Å²) in [5, 5.41) is 3.36. The van der Waals surface area contributed by atoms with Crippen molar-refractivity contribution in [3.8, 4) is 0 Å². The molecule has 3 nitrogen and oxygen atoms in total. The third kappa shape index (κ3) is 2.59. The Kier molecular flexibility index (Phi) is 3.41. The molecule has 0 aromatic carbocycles. The lowest BCUT2D eigenvalue weighted by atomic mass is 10.1. The first-order valence-corrected chi connectivity index (χ1v) is 5.94. The Morgan fingerprint density at radius 1 is 1.40 bits per heavy atom. The van der Waals surface area contributed by atoms with Crippen LogP contribution in [-0.4, -0.2) is 21.9 Å². The highest BCUT2D eigenvalue weighted by Crippen LogP contribution is 2.28. The van der Waals surface area contributed by atoms with E-state index in [1.165, 1.54) is 19.3 Å². The topological polar surface area (TPSA) is 37.8 Å². The van der Waals surface area contributed by atoms with Gasteiger partial charge in [-0.1, -0.05) is 6.42 Å². The van der Waals surface area contributed by atoms with Crippen molar-refractivity contribution in [1.29, 1.82) is 0 Å². The van der Waals surface area contributed by atoms with Gasteiger partial charge in [0.1, 0.15) is 0 Å². The molecule has 0 amide bonds. The smallest absolute Gasteiger partial charge is 0.222 e. The third-order valence-electron chi connectivity index (χ3n) is 2.95. The molecule has 1 aromatic heterocycles. The van der Waals surface area contributed by atoms with E-state index in [0.717, 1.165) is 17.4 Å². The first-order chi connectivity index (χ1) is 7.29. The van der Waals surface area contributed by atoms with Crippen LogP contribution in [0.2, 0.25) is 0 Å². The van der Waals surface area contributed by atoms with Crippen LogP contribution in [0.25, 0.3) is 0 Å². The van der Waals surface area contributed by atoms with Gasteiger partial charge < -0.3 is 5.32 Å². The zero-order valence-corrected chi connectivity index (χ0v) is 9.67. The summed E-state index contributed by atoms with van der Waals surface area (Å²) in [5.41, 5.74) is 1.08. The average Bonchev–Trinajstić information content (AvgIpc) is 2.69. The Hall–Kier alpha value is -0.830. The molecule has 82 valence electrons. The quantitative estimate of drug-likeness (QED) is 0.804. The second kappa shape index (κ2) is 4.79. The summed E-state index contributed by atoms with van der Waals surface area (Å²) in [6.45, 7) is 1.99. The normalized spacial score (nSPS) is 25.5. The summed E-state index contributed by atoms with van der Waals surface area (Å²) in [6, 6.07) is 0.449. The number of aromatic nitrogens is 2. The monoisotopic (exact) mass is 225 g/mol. The third-order valence-corrected chi connectivity index (χ3v) is 3.35. The van der Waals surface area contributed by atoms with Crippen LogP contribution < -0.4 is 5.32 Å². The van der Waals surface area contributed by atoms with Crippen LogP contribution in [0, 0.1) is 12.8 Å². The van der Waals surface area contributed by atoms with Crippen LogP contribution in [0.4, 0.5) is 5.95 Å². The highest BCUT2D eigenvalue weighted by Gasteiger charge is 2.26. The van der Waals surface area contributed by atoms with Crippen LogP contribution in [0.15, 0.2) is 12.4 Å². The predicted molar refractivity (Wildman–Crippen MR) is 62.2 cm³/mol. The maximum absolute atomic E-state index is 5.91. The Bertz CT molecular complexity index is 312. The summed E-state index contributed by atoms with van der Waals surface area (Å²) < 4.78 is 0. The van der Waals surface area contributed by atoms with Gasteiger partial charge in [-0.05, 0) is 31.2 Å². The molecule has 4 heteroatoms. The van der Waals surface area contributed by atoms with Gasteiger partial charge in [0, 0.05) is 24.3 Å². The largest absolute Gasteiger partial charge is 0.351 e. The predicted octanol–water partition coefficient (Wildman–Crippen LogP) is 2.60. The maximum atomic E-state index is 5.91. The Morgan fingerprint density at radius 3 is 2.80 bits per heavy atom. The van der Waals surface area contributed by atoms with E-state index in [4.69, 9.17) is 11.6 Å². The molecule has 0 radical (unpaired) electrons. The number of rotatable bonds is 3. The van der Waals surface area contributed by atoms with E-state index in [2.05, 4.69) is 15.3 Å². The van der Waals surface area contributed by atoms with Crippen molar-refractivity contribution in [2.75, 3.05) is 11.2 Å². The van der Waals surface area contributed by atoms with Gasteiger partial charge in [-0.25, -0.2) is 9.97 Å². The second-order valence-electron chi connectivity index (χ2n) is 4.18. The molecular weight excluding hydrogens is 210 g/mol. The molecule has 1 saturated carbocycles. The molecule has 1 fully saturated rings. The summed E-state index contributed by atoms with van der Waals surface area (Å²) in [7, 11) is 0. The van der Waals surface area contributed by atoms with E-state index >= 15 is 0 Å². The summed E-state index contributed by atoms with van der Waals surface area (Å²) in [6.07, 6.45) is 7.31. The van der Waals surface area contributed by atoms with Crippen molar-refractivity contribution in [2.24, 2.45) is 5.92 Å². The Morgan fingerprint density at radius 2 is 2.13 bits per heavy atom. The fourth-order valence-corrected chi connectivity index (χ4v) is 2.41. The molecule has 0 bridgehead atoms. The summed E-state index contributed by atoms with van der Waals surface area (Å²) in [5.74, 6) is 2.02. The minimum atomic E-state index is 0.449. The highest BCUT2D eigenvalue weighted by molar-refractivity contribution is 6.18. The minimum Gasteiger partial charge on any atom is -0.351 e. The van der Waals surface area contributed by atoms with Crippen molar-refractivity contribution in [2.45, 2.75) is 32.2 Å². The number of aryl methyl sites for hydroxylation is 1. The number of hydrogen-bond donors (Lipinski definition) is 1. The molecule has 15 heavy (non-hydrogen) atoms. The van der Waals surface area contributed by atoms with E-state index in [-0.39, 0.29) is 0 Å². The van der Waals surface area contributed by atoms with Crippen LogP contribution in [-0.2, 0) is 0 Å². The second-order valence-corrected chi connectivity index (χ2v) is 4.49. The van der Waals surface area contributed by atoms with Gasteiger partial charge in [0.25, 0.3) is 0 Å². The number of nitrogens with zero attached hydrogens (tertiary/aromatic N) is 2. The molecule has 2 rings (SSSR count). The van der Waals surface area contributed by atoms with Crippen LogP contribution in [0.3, 0.4) is 0 Å². The SMILES string of the molecule is Cc1cnc(NC2CCCC2CCl)nc1. The fraction of sp³-hybridized carbons (Fsp3) is 0.636. The van der Waals surface area contributed by atoms with Crippen molar-refractivity contribution in [3.63, 3.8) is 0 Å². The number of anilines is 1. The van der Waals surface area contributed by atoms with E-state index in [9.17, 15) is 0 Å². The van der Waals surface area contributed by atoms with Crippen LogP contribution in [0.1, 0.15) is 24.8 Å². The van der Waals surface area contributed by atoms with Crippen molar-refractivity contribution in [1.82, 2.24) is 9.97 Å². The molecule has 1 aliphatic carbocycles. The molecule has 2 atom stereocenters. The average molecular weight is 226 g/mol. The Balaban J connectivity index is 1.99. The van der Waals surface area contributed by atoms with Crippen LogP contribution in [0.5, 0.6) is 0 Å². The summed E-state index contributed by atoms with van der Waals surface area (Å²) in [4.78, 5) is 8.49. The van der Waals surface area contributed by atoms with E-state index in [0.29, 0.717) is 12.0 Å². The van der Waals surface area contributed by atoms with Gasteiger partial charge in [-0.15, -0.1) is 11.6 Å². The number of hydrogen-bond acceptors (Lipinski definition) is 3. The lowest BCUT2D eigenvalue weighted by Gasteiger charge is -2.18. The first kappa shape index (κ1) is 10.7. The molecule has 1 heterocycles. The zero-order chi connectivity index (χ0) is 10.7. The molecule has 0 aliphatic heterocycles. The molecular formula is C11H16ClN3. The van der Waals surface area contributed by atoms with Crippen molar-refractivity contribution < 1.29 is 0 Å². The molecule has 1 aliphatic rings. The Labute approximate surface area is 95.3 Å². The number of alkyl halides is 1. The summed E-state index contributed by atoms with van der Waals surface area (Å²) >= 11 is 5.91.